The van der Waals surface area contributed by atoms with Crippen molar-refractivity contribution in [3.63, 3.8) is 0 Å². The number of pyridine rings is 1. The van der Waals surface area contributed by atoms with Crippen molar-refractivity contribution in [3.8, 4) is 0 Å². The molecule has 0 unspecified atom stereocenters. The Hall–Kier alpha value is -2.62. The van der Waals surface area contributed by atoms with Crippen LogP contribution in [0.25, 0.3) is 16.4 Å². The second kappa shape index (κ2) is 6.02. The van der Waals surface area contributed by atoms with Crippen LogP contribution in [0, 0.1) is 0 Å². The van der Waals surface area contributed by atoms with Crippen molar-refractivity contribution in [2.24, 2.45) is 0 Å². The second-order valence-corrected chi connectivity index (χ2v) is 5.47. The largest absolute Gasteiger partial charge is 0.512 e. The Morgan fingerprint density at radius 3 is 2.95 bits per heavy atom. The average Bonchev–Trinajstić information content (AvgIpc) is 2.89. The van der Waals surface area contributed by atoms with E-state index < -0.39 is 0 Å². The highest BCUT2D eigenvalue weighted by Gasteiger charge is 2.06. The minimum atomic E-state index is -0.128. The lowest BCUT2D eigenvalue weighted by atomic mass is 10.1. The van der Waals surface area contributed by atoms with E-state index in [1.165, 1.54) is 18.4 Å². The van der Waals surface area contributed by atoms with Gasteiger partial charge in [-0.15, -0.1) is 0 Å². The van der Waals surface area contributed by atoms with Crippen molar-refractivity contribution < 1.29 is 9.90 Å². The summed E-state index contributed by atoms with van der Waals surface area (Å²) in [5, 5.41) is 11.9. The molecule has 1 aromatic carbocycles. The molecule has 0 amide bonds. The van der Waals surface area contributed by atoms with Crippen LogP contribution >= 0.6 is 0 Å². The SMILES string of the molecule is CC(=O)C=C(O)CCCc1cn2ccc3ccccc3c2n1. The molecule has 4 heteroatoms. The number of aliphatic hydroxyl groups excluding tert-OH is 1. The first-order valence-corrected chi connectivity index (χ1v) is 7.39. The fourth-order valence-electron chi connectivity index (χ4n) is 2.64. The first-order valence-electron chi connectivity index (χ1n) is 7.39. The number of carbonyl (C=O) groups excluding carboxylic acids is 1. The van der Waals surface area contributed by atoms with Gasteiger partial charge in [-0.05, 0) is 31.2 Å². The van der Waals surface area contributed by atoms with Gasteiger partial charge in [0, 0.05) is 30.3 Å². The zero-order valence-corrected chi connectivity index (χ0v) is 12.5. The number of hydrogen-bond acceptors (Lipinski definition) is 3. The lowest BCUT2D eigenvalue weighted by Gasteiger charge is -1.98. The molecule has 0 atom stereocenters. The second-order valence-electron chi connectivity index (χ2n) is 5.47. The Morgan fingerprint density at radius 2 is 2.14 bits per heavy atom. The van der Waals surface area contributed by atoms with Gasteiger partial charge in [0.2, 0.25) is 0 Å². The first-order chi connectivity index (χ1) is 10.6. The molecule has 0 fully saturated rings. The molecule has 4 nitrogen and oxygen atoms in total. The number of allylic oxidation sites excluding steroid dienone is 2. The number of nitrogens with zero attached hydrogens (tertiary/aromatic N) is 2. The van der Waals surface area contributed by atoms with Crippen LogP contribution in [-0.2, 0) is 11.2 Å². The highest BCUT2D eigenvalue weighted by molar-refractivity contribution is 5.93. The summed E-state index contributed by atoms with van der Waals surface area (Å²) in [6, 6.07) is 10.3. The predicted octanol–water partition coefficient (Wildman–Crippen LogP) is 3.84. The van der Waals surface area contributed by atoms with Gasteiger partial charge in [-0.25, -0.2) is 4.98 Å². The number of fused-ring (bicyclic) bond motifs is 3. The highest BCUT2D eigenvalue weighted by atomic mass is 16.3. The fourth-order valence-corrected chi connectivity index (χ4v) is 2.64. The van der Waals surface area contributed by atoms with E-state index in [2.05, 4.69) is 18.2 Å². The summed E-state index contributed by atoms with van der Waals surface area (Å²) in [4.78, 5) is 15.6. The van der Waals surface area contributed by atoms with E-state index >= 15 is 0 Å². The molecule has 1 N–H and O–H groups in total. The van der Waals surface area contributed by atoms with Gasteiger partial charge in [-0.2, -0.15) is 0 Å². The first kappa shape index (κ1) is 14.3. The van der Waals surface area contributed by atoms with Gasteiger partial charge in [0.15, 0.2) is 5.78 Å². The number of aliphatic hydroxyl groups is 1. The summed E-state index contributed by atoms with van der Waals surface area (Å²) < 4.78 is 2.03. The summed E-state index contributed by atoms with van der Waals surface area (Å²) in [5.74, 6) is 0.0124. The average molecular weight is 294 g/mol. The Balaban J connectivity index is 1.78. The molecule has 0 saturated carbocycles. The quantitative estimate of drug-likeness (QED) is 0.574. The van der Waals surface area contributed by atoms with E-state index in [-0.39, 0.29) is 11.5 Å². The van der Waals surface area contributed by atoms with Crippen molar-refractivity contribution in [3.05, 3.63) is 60.3 Å². The van der Waals surface area contributed by atoms with Crippen molar-refractivity contribution >= 4 is 22.2 Å². The van der Waals surface area contributed by atoms with Crippen LogP contribution in [0.3, 0.4) is 0 Å². The lowest BCUT2D eigenvalue weighted by Crippen LogP contribution is -1.91. The standard InChI is InChI=1S/C18H18N2O2/c1-13(21)11-16(22)7-4-6-15-12-20-10-9-14-5-2-3-8-17(14)18(20)19-15/h2-3,5,8-12,22H,4,6-7H2,1H3. The smallest absolute Gasteiger partial charge is 0.155 e. The van der Waals surface area contributed by atoms with Crippen molar-refractivity contribution in [2.75, 3.05) is 0 Å². The summed E-state index contributed by atoms with van der Waals surface area (Å²) in [5.41, 5.74) is 1.95. The van der Waals surface area contributed by atoms with Crippen LogP contribution in [0.15, 0.2) is 54.6 Å². The molecule has 112 valence electrons. The monoisotopic (exact) mass is 294 g/mol. The maximum atomic E-state index is 10.9. The van der Waals surface area contributed by atoms with Gasteiger partial charge in [0.25, 0.3) is 0 Å². The molecular weight excluding hydrogens is 276 g/mol. The highest BCUT2D eigenvalue weighted by Crippen LogP contribution is 2.20. The molecular formula is C18H18N2O2. The molecule has 0 aliphatic heterocycles. The maximum absolute atomic E-state index is 10.9. The molecule has 0 spiro atoms. The molecule has 0 bridgehead atoms. The zero-order chi connectivity index (χ0) is 15.5. The van der Waals surface area contributed by atoms with Crippen LogP contribution in [-0.4, -0.2) is 20.3 Å². The molecule has 3 aromatic rings. The number of ketones is 1. The van der Waals surface area contributed by atoms with Crippen LogP contribution < -0.4 is 0 Å². The van der Waals surface area contributed by atoms with Crippen molar-refractivity contribution in [2.45, 2.75) is 26.2 Å². The number of imidazole rings is 1. The third kappa shape index (κ3) is 3.01. The summed E-state index contributed by atoms with van der Waals surface area (Å²) >= 11 is 0. The lowest BCUT2D eigenvalue weighted by molar-refractivity contribution is -0.112. The van der Waals surface area contributed by atoms with E-state index in [0.29, 0.717) is 6.42 Å². The molecule has 22 heavy (non-hydrogen) atoms. The van der Waals surface area contributed by atoms with Crippen LogP contribution in [0.2, 0.25) is 0 Å². The Labute approximate surface area is 128 Å². The van der Waals surface area contributed by atoms with E-state index in [1.807, 2.05) is 28.9 Å². The van der Waals surface area contributed by atoms with Gasteiger partial charge in [0.1, 0.15) is 5.65 Å². The fraction of sp³-hybridized carbons (Fsp3) is 0.222. The van der Waals surface area contributed by atoms with Crippen LogP contribution in [0.1, 0.15) is 25.5 Å². The van der Waals surface area contributed by atoms with E-state index in [4.69, 9.17) is 4.98 Å². The number of carbonyl (C=O) groups is 1. The van der Waals surface area contributed by atoms with Crippen LogP contribution in [0.5, 0.6) is 0 Å². The number of aryl methyl sites for hydroxylation is 1. The van der Waals surface area contributed by atoms with E-state index in [0.717, 1.165) is 29.6 Å². The molecule has 2 aromatic heterocycles. The van der Waals surface area contributed by atoms with Gasteiger partial charge >= 0.3 is 0 Å². The molecule has 2 heterocycles. The van der Waals surface area contributed by atoms with E-state index in [9.17, 15) is 9.90 Å². The molecule has 0 saturated heterocycles. The maximum Gasteiger partial charge on any atom is 0.155 e. The Bertz CT molecular complexity index is 862. The Morgan fingerprint density at radius 1 is 1.32 bits per heavy atom. The number of rotatable bonds is 5. The molecule has 0 aliphatic rings. The Kier molecular flexibility index (Phi) is 3.92. The molecule has 3 rings (SSSR count). The predicted molar refractivity (Wildman–Crippen MR) is 87.0 cm³/mol. The third-order valence-electron chi connectivity index (χ3n) is 3.63. The number of hydrogen-bond donors (Lipinski definition) is 1. The van der Waals surface area contributed by atoms with Crippen LogP contribution in [0.4, 0.5) is 0 Å². The van der Waals surface area contributed by atoms with Gasteiger partial charge < -0.3 is 9.51 Å². The molecule has 0 radical (unpaired) electrons. The van der Waals surface area contributed by atoms with E-state index in [1.54, 1.807) is 0 Å². The van der Waals surface area contributed by atoms with Gasteiger partial charge in [0.05, 0.1) is 11.5 Å². The topological polar surface area (TPSA) is 54.6 Å². The third-order valence-corrected chi connectivity index (χ3v) is 3.63. The van der Waals surface area contributed by atoms with Gasteiger partial charge in [-0.3, -0.25) is 4.79 Å². The normalized spacial score (nSPS) is 12.1. The summed E-state index contributed by atoms with van der Waals surface area (Å²) in [7, 11) is 0. The minimum Gasteiger partial charge on any atom is -0.512 e. The number of benzene rings is 1. The minimum absolute atomic E-state index is 0.128. The zero-order valence-electron chi connectivity index (χ0n) is 12.5. The van der Waals surface area contributed by atoms with Crippen molar-refractivity contribution in [1.82, 2.24) is 9.38 Å². The molecule has 0 aliphatic carbocycles. The van der Waals surface area contributed by atoms with Crippen molar-refractivity contribution in [1.29, 1.82) is 0 Å². The summed E-state index contributed by atoms with van der Waals surface area (Å²) in [6.07, 6.45) is 7.34. The van der Waals surface area contributed by atoms with Gasteiger partial charge in [-0.1, -0.05) is 24.3 Å². The summed E-state index contributed by atoms with van der Waals surface area (Å²) in [6.45, 7) is 1.43. The number of aromatic nitrogens is 2.